The number of hydrogen-bond acceptors (Lipinski definition) is 3. The zero-order valence-corrected chi connectivity index (χ0v) is 13.6. The molecule has 3 heteroatoms. The van der Waals surface area contributed by atoms with Crippen molar-refractivity contribution in [3.8, 4) is 0 Å². The van der Waals surface area contributed by atoms with Gasteiger partial charge in [0, 0.05) is 16.3 Å². The Morgan fingerprint density at radius 1 is 0.789 bits per heavy atom. The van der Waals surface area contributed by atoms with E-state index in [-0.39, 0.29) is 0 Å². The topological polar surface area (TPSA) is 3.24 Å². The van der Waals surface area contributed by atoms with E-state index < -0.39 is 0 Å². The third kappa shape index (κ3) is 5.41. The molecule has 0 radical (unpaired) electrons. The Labute approximate surface area is 126 Å². The minimum absolute atomic E-state index is 1.21. The first kappa shape index (κ1) is 15.3. The minimum Gasteiger partial charge on any atom is -0.186 e. The first-order valence-electron chi connectivity index (χ1n) is 7.62. The number of fused-ring (bicyclic) bond motifs is 1. The molecule has 1 aliphatic rings. The van der Waals surface area contributed by atoms with Gasteiger partial charge in [0.25, 0.3) is 0 Å². The average Bonchev–Trinajstić information content (AvgIpc) is 2.84. The summed E-state index contributed by atoms with van der Waals surface area (Å²) in [6, 6.07) is 8.71. The summed E-state index contributed by atoms with van der Waals surface area (Å²) in [5, 5.41) is 0. The lowest BCUT2D eigenvalue weighted by Gasteiger charge is -2.11. The van der Waals surface area contributed by atoms with Crippen LogP contribution in [0, 0.1) is 0 Å². The lowest BCUT2D eigenvalue weighted by molar-refractivity contribution is 0.557. The van der Waals surface area contributed by atoms with Crippen molar-refractivity contribution in [2.75, 3.05) is 6.54 Å². The van der Waals surface area contributed by atoms with Crippen molar-refractivity contribution in [2.45, 2.75) is 68.1 Å². The van der Waals surface area contributed by atoms with E-state index >= 15 is 0 Å². The lowest BCUT2D eigenvalue weighted by atomic mass is 10.1. The molecule has 1 heterocycles. The van der Waals surface area contributed by atoms with Crippen LogP contribution < -0.4 is 0 Å². The molecule has 0 bridgehead atoms. The summed E-state index contributed by atoms with van der Waals surface area (Å²) in [6.45, 7) is 3.49. The van der Waals surface area contributed by atoms with Gasteiger partial charge in [-0.1, -0.05) is 64.0 Å². The molecule has 106 valence electrons. The van der Waals surface area contributed by atoms with Gasteiger partial charge in [0.2, 0.25) is 0 Å². The predicted molar refractivity (Wildman–Crippen MR) is 87.5 cm³/mol. The molecule has 1 nitrogen and oxygen atoms in total. The number of unbranched alkanes of at least 4 members (excludes halogenated alkanes) is 7. The summed E-state index contributed by atoms with van der Waals surface area (Å²) < 4.78 is 2.43. The molecular weight excluding hydrogens is 270 g/mol. The van der Waals surface area contributed by atoms with Crippen LogP contribution in [-0.4, -0.2) is 10.3 Å². The Kier molecular flexibility index (Phi) is 7.18. The molecule has 1 aromatic carbocycles. The van der Waals surface area contributed by atoms with Crippen LogP contribution in [0.3, 0.4) is 0 Å². The SMILES string of the molecule is CCCCCCCCCCN1Sc2ccccc2S1. The van der Waals surface area contributed by atoms with Crippen molar-refractivity contribution in [1.29, 1.82) is 0 Å². The molecule has 0 aliphatic carbocycles. The van der Waals surface area contributed by atoms with Crippen molar-refractivity contribution in [2.24, 2.45) is 0 Å². The van der Waals surface area contributed by atoms with Crippen molar-refractivity contribution in [1.82, 2.24) is 3.71 Å². The van der Waals surface area contributed by atoms with Crippen molar-refractivity contribution < 1.29 is 0 Å². The van der Waals surface area contributed by atoms with Crippen LogP contribution in [0.5, 0.6) is 0 Å². The normalized spacial score (nSPS) is 14.8. The van der Waals surface area contributed by atoms with Crippen LogP contribution in [0.15, 0.2) is 34.1 Å². The number of benzene rings is 1. The average molecular weight is 296 g/mol. The van der Waals surface area contributed by atoms with Gasteiger partial charge in [-0.25, -0.2) is 0 Å². The Balaban J connectivity index is 1.49. The Morgan fingerprint density at radius 3 is 1.89 bits per heavy atom. The molecule has 0 aromatic heterocycles. The molecular formula is C16H25NS2. The molecule has 0 atom stereocenters. The fourth-order valence-corrected chi connectivity index (χ4v) is 4.63. The second kappa shape index (κ2) is 8.93. The molecule has 1 aliphatic heterocycles. The van der Waals surface area contributed by atoms with Gasteiger partial charge in [0.1, 0.15) is 0 Å². The lowest BCUT2D eigenvalue weighted by Crippen LogP contribution is -2.03. The second-order valence-corrected chi connectivity index (χ2v) is 7.52. The Hall–Kier alpha value is -0.120. The maximum absolute atomic E-state index is 2.43. The summed E-state index contributed by atoms with van der Waals surface area (Å²) in [5.41, 5.74) is 0. The molecule has 0 saturated heterocycles. The molecule has 0 unspecified atom stereocenters. The highest BCUT2D eigenvalue weighted by Crippen LogP contribution is 2.46. The van der Waals surface area contributed by atoms with Crippen molar-refractivity contribution in [3.63, 3.8) is 0 Å². The van der Waals surface area contributed by atoms with Crippen molar-refractivity contribution >= 4 is 23.9 Å². The molecule has 0 fully saturated rings. The molecule has 19 heavy (non-hydrogen) atoms. The van der Waals surface area contributed by atoms with Gasteiger partial charge in [0.15, 0.2) is 0 Å². The first-order valence-corrected chi connectivity index (χ1v) is 9.17. The zero-order valence-electron chi connectivity index (χ0n) is 11.9. The Morgan fingerprint density at radius 2 is 1.32 bits per heavy atom. The highest BCUT2D eigenvalue weighted by Gasteiger charge is 2.19. The van der Waals surface area contributed by atoms with E-state index in [2.05, 4.69) is 34.9 Å². The molecule has 1 aromatic rings. The molecule has 0 N–H and O–H groups in total. The zero-order chi connectivity index (χ0) is 13.3. The summed E-state index contributed by atoms with van der Waals surface area (Å²) in [6.07, 6.45) is 11.2. The number of hydrogen-bond donors (Lipinski definition) is 0. The summed E-state index contributed by atoms with van der Waals surface area (Å²) in [7, 11) is 0. The summed E-state index contributed by atoms with van der Waals surface area (Å²) >= 11 is 3.81. The first-order chi connectivity index (χ1) is 9.40. The highest BCUT2D eigenvalue weighted by atomic mass is 32.2. The maximum Gasteiger partial charge on any atom is 0.0388 e. The van der Waals surface area contributed by atoms with Gasteiger partial charge < -0.3 is 0 Å². The van der Waals surface area contributed by atoms with Crippen LogP contribution in [0.1, 0.15) is 58.3 Å². The van der Waals surface area contributed by atoms with Gasteiger partial charge in [0.05, 0.1) is 0 Å². The third-order valence-electron chi connectivity index (χ3n) is 3.44. The number of rotatable bonds is 9. The van der Waals surface area contributed by atoms with Crippen LogP contribution in [-0.2, 0) is 0 Å². The third-order valence-corrected chi connectivity index (χ3v) is 5.90. The quantitative estimate of drug-likeness (QED) is 0.397. The summed E-state index contributed by atoms with van der Waals surface area (Å²) in [4.78, 5) is 2.85. The molecule has 0 spiro atoms. The second-order valence-electron chi connectivity index (χ2n) is 5.16. The van der Waals surface area contributed by atoms with Crippen molar-refractivity contribution in [3.05, 3.63) is 24.3 Å². The van der Waals surface area contributed by atoms with Crippen LogP contribution >= 0.6 is 23.9 Å². The van der Waals surface area contributed by atoms with E-state index in [1.807, 2.05) is 23.9 Å². The molecule has 2 rings (SSSR count). The van der Waals surface area contributed by atoms with E-state index in [4.69, 9.17) is 0 Å². The largest absolute Gasteiger partial charge is 0.186 e. The minimum atomic E-state index is 1.21. The van der Waals surface area contributed by atoms with E-state index in [9.17, 15) is 0 Å². The van der Waals surface area contributed by atoms with Gasteiger partial charge in [-0.15, -0.1) is 0 Å². The van der Waals surface area contributed by atoms with Gasteiger partial charge in [-0.05, 0) is 42.4 Å². The monoisotopic (exact) mass is 295 g/mol. The molecule has 0 amide bonds. The smallest absolute Gasteiger partial charge is 0.0388 e. The standard InChI is InChI=1S/C16H25NS2/c1-2-3-4-5-6-7-8-11-14-17-18-15-12-9-10-13-16(15)19-17/h9-10,12-13H,2-8,11,14H2,1H3. The molecule has 0 saturated carbocycles. The highest BCUT2D eigenvalue weighted by molar-refractivity contribution is 8.14. The van der Waals surface area contributed by atoms with Gasteiger partial charge in [-0.2, -0.15) is 3.71 Å². The van der Waals surface area contributed by atoms with Gasteiger partial charge >= 0.3 is 0 Å². The van der Waals surface area contributed by atoms with Gasteiger partial charge in [-0.3, -0.25) is 0 Å². The van der Waals surface area contributed by atoms with Crippen LogP contribution in [0.25, 0.3) is 0 Å². The predicted octanol–water partition coefficient (Wildman–Crippen LogP) is 6.16. The number of nitrogens with zero attached hydrogens (tertiary/aromatic N) is 1. The Bertz CT molecular complexity index is 343. The van der Waals surface area contributed by atoms with Crippen LogP contribution in [0.2, 0.25) is 0 Å². The fraction of sp³-hybridized carbons (Fsp3) is 0.625. The van der Waals surface area contributed by atoms with E-state index in [1.54, 1.807) is 0 Å². The maximum atomic E-state index is 2.43. The van der Waals surface area contributed by atoms with Crippen LogP contribution in [0.4, 0.5) is 0 Å². The van der Waals surface area contributed by atoms with E-state index in [1.165, 1.54) is 67.7 Å². The fourth-order valence-electron chi connectivity index (χ4n) is 2.31. The van der Waals surface area contributed by atoms with E-state index in [0.29, 0.717) is 0 Å². The summed E-state index contributed by atoms with van der Waals surface area (Å²) in [5.74, 6) is 0. The van der Waals surface area contributed by atoms with E-state index in [0.717, 1.165) is 0 Å².